The standard InChI is InChI=1S/C9H15NO2S/c11-9(5-13)10-7-3-1-6-2-4-8(7)12-6/h6-8,13H,1-5H2,(H,10,11). The molecule has 3 unspecified atom stereocenters. The normalized spacial score (nSPS) is 37.5. The molecule has 74 valence electrons. The molecule has 2 rings (SSSR count). The summed E-state index contributed by atoms with van der Waals surface area (Å²) in [6, 6.07) is 0.235. The Morgan fingerprint density at radius 2 is 2.15 bits per heavy atom. The maximum Gasteiger partial charge on any atom is 0.230 e. The lowest BCUT2D eigenvalue weighted by atomic mass is 10.0. The zero-order chi connectivity index (χ0) is 9.26. The molecule has 4 heteroatoms. The fourth-order valence-corrected chi connectivity index (χ4v) is 2.30. The first-order chi connectivity index (χ1) is 6.29. The van der Waals surface area contributed by atoms with Crippen LogP contribution in [0.1, 0.15) is 25.7 Å². The van der Waals surface area contributed by atoms with E-state index in [1.54, 1.807) is 0 Å². The lowest BCUT2D eigenvalue weighted by molar-refractivity contribution is -0.121. The summed E-state index contributed by atoms with van der Waals surface area (Å²) in [4.78, 5) is 11.1. The lowest BCUT2D eigenvalue weighted by Gasteiger charge is -2.29. The number of hydrogen-bond donors (Lipinski definition) is 2. The second kappa shape index (κ2) is 3.88. The van der Waals surface area contributed by atoms with Crippen molar-refractivity contribution in [2.24, 2.45) is 0 Å². The van der Waals surface area contributed by atoms with Crippen molar-refractivity contribution < 1.29 is 9.53 Å². The second-order valence-corrected chi connectivity index (χ2v) is 4.10. The predicted molar refractivity (Wildman–Crippen MR) is 52.9 cm³/mol. The first-order valence-electron chi connectivity index (χ1n) is 4.85. The molecule has 0 aromatic rings. The lowest BCUT2D eigenvalue weighted by Crippen LogP contribution is -2.46. The zero-order valence-electron chi connectivity index (χ0n) is 7.53. The van der Waals surface area contributed by atoms with E-state index in [-0.39, 0.29) is 23.8 Å². The van der Waals surface area contributed by atoms with Gasteiger partial charge in [0, 0.05) is 0 Å². The number of fused-ring (bicyclic) bond motifs is 2. The highest BCUT2D eigenvalue weighted by Gasteiger charge is 2.36. The van der Waals surface area contributed by atoms with Gasteiger partial charge in [0.2, 0.25) is 5.91 Å². The number of thiol groups is 1. The van der Waals surface area contributed by atoms with E-state index in [9.17, 15) is 4.79 Å². The largest absolute Gasteiger partial charge is 0.373 e. The first-order valence-corrected chi connectivity index (χ1v) is 5.48. The quantitative estimate of drug-likeness (QED) is 0.647. The van der Waals surface area contributed by atoms with Crippen molar-refractivity contribution in [2.45, 2.75) is 43.9 Å². The van der Waals surface area contributed by atoms with Crippen molar-refractivity contribution in [3.63, 3.8) is 0 Å². The van der Waals surface area contributed by atoms with Gasteiger partial charge >= 0.3 is 0 Å². The van der Waals surface area contributed by atoms with Crippen LogP contribution in [0.2, 0.25) is 0 Å². The molecule has 2 bridgehead atoms. The molecule has 2 saturated heterocycles. The molecule has 1 N–H and O–H groups in total. The van der Waals surface area contributed by atoms with Crippen LogP contribution in [0, 0.1) is 0 Å². The highest BCUT2D eigenvalue weighted by atomic mass is 32.1. The number of carbonyl (C=O) groups is 1. The van der Waals surface area contributed by atoms with Crippen LogP contribution in [-0.2, 0) is 9.53 Å². The highest BCUT2D eigenvalue weighted by Crippen LogP contribution is 2.32. The Hall–Kier alpha value is -0.220. The first kappa shape index (κ1) is 9.34. The van der Waals surface area contributed by atoms with E-state index < -0.39 is 0 Å². The Morgan fingerprint density at radius 1 is 1.38 bits per heavy atom. The van der Waals surface area contributed by atoms with E-state index in [0.717, 1.165) is 25.7 Å². The van der Waals surface area contributed by atoms with Crippen LogP contribution in [0.4, 0.5) is 0 Å². The predicted octanol–water partition coefficient (Wildman–Crippen LogP) is 0.742. The van der Waals surface area contributed by atoms with Crippen LogP contribution in [0.5, 0.6) is 0 Å². The van der Waals surface area contributed by atoms with Crippen molar-refractivity contribution in [1.29, 1.82) is 0 Å². The van der Waals surface area contributed by atoms with Gasteiger partial charge in [-0.2, -0.15) is 12.6 Å². The van der Waals surface area contributed by atoms with Crippen molar-refractivity contribution in [3.05, 3.63) is 0 Å². The van der Waals surface area contributed by atoms with E-state index in [4.69, 9.17) is 4.74 Å². The van der Waals surface area contributed by atoms with Crippen LogP contribution in [0.15, 0.2) is 0 Å². The molecule has 0 aromatic heterocycles. The van der Waals surface area contributed by atoms with Gasteiger partial charge in [0.25, 0.3) is 0 Å². The third-order valence-corrected chi connectivity index (χ3v) is 3.17. The Bertz CT molecular complexity index is 210. The highest BCUT2D eigenvalue weighted by molar-refractivity contribution is 7.81. The molecule has 2 fully saturated rings. The molecule has 0 aliphatic carbocycles. The van der Waals surface area contributed by atoms with E-state index in [2.05, 4.69) is 17.9 Å². The minimum absolute atomic E-state index is 0.0160. The average Bonchev–Trinajstić information content (AvgIpc) is 2.54. The Kier molecular flexibility index (Phi) is 2.79. The molecular formula is C9H15NO2S. The summed E-state index contributed by atoms with van der Waals surface area (Å²) in [5.41, 5.74) is 0. The van der Waals surface area contributed by atoms with Gasteiger partial charge in [0.05, 0.1) is 24.0 Å². The van der Waals surface area contributed by atoms with Crippen molar-refractivity contribution in [3.8, 4) is 0 Å². The molecule has 0 spiro atoms. The van der Waals surface area contributed by atoms with E-state index in [1.165, 1.54) is 0 Å². The fourth-order valence-electron chi connectivity index (χ4n) is 2.21. The third-order valence-electron chi connectivity index (χ3n) is 2.88. The van der Waals surface area contributed by atoms with Gasteiger partial charge in [0.15, 0.2) is 0 Å². The van der Waals surface area contributed by atoms with Gasteiger partial charge in [-0.25, -0.2) is 0 Å². The Balaban J connectivity index is 1.89. The molecule has 13 heavy (non-hydrogen) atoms. The maximum absolute atomic E-state index is 11.1. The van der Waals surface area contributed by atoms with E-state index in [0.29, 0.717) is 6.10 Å². The van der Waals surface area contributed by atoms with Crippen LogP contribution in [0.25, 0.3) is 0 Å². The molecule has 2 heterocycles. The average molecular weight is 201 g/mol. The van der Waals surface area contributed by atoms with Gasteiger partial charge in [-0.05, 0) is 25.7 Å². The number of hydrogen-bond acceptors (Lipinski definition) is 3. The summed E-state index contributed by atoms with van der Waals surface area (Å²) in [5, 5.41) is 2.96. The van der Waals surface area contributed by atoms with Crippen LogP contribution in [0.3, 0.4) is 0 Å². The summed E-state index contributed by atoms with van der Waals surface area (Å²) < 4.78 is 5.72. The third kappa shape index (κ3) is 1.99. The Morgan fingerprint density at radius 3 is 2.92 bits per heavy atom. The zero-order valence-corrected chi connectivity index (χ0v) is 8.43. The number of rotatable bonds is 2. The molecule has 0 radical (unpaired) electrons. The number of amides is 1. The summed E-state index contributed by atoms with van der Waals surface area (Å²) >= 11 is 3.93. The van der Waals surface area contributed by atoms with Gasteiger partial charge in [-0.3, -0.25) is 4.79 Å². The van der Waals surface area contributed by atoms with Crippen LogP contribution >= 0.6 is 12.6 Å². The number of nitrogens with one attached hydrogen (secondary N) is 1. The van der Waals surface area contributed by atoms with Crippen LogP contribution < -0.4 is 5.32 Å². The minimum Gasteiger partial charge on any atom is -0.373 e. The monoisotopic (exact) mass is 201 g/mol. The van der Waals surface area contributed by atoms with Crippen molar-refractivity contribution in [2.75, 3.05) is 5.75 Å². The Labute approximate surface area is 83.6 Å². The molecule has 0 saturated carbocycles. The summed E-state index contributed by atoms with van der Waals surface area (Å²) in [6.07, 6.45) is 5.15. The van der Waals surface area contributed by atoms with Gasteiger partial charge < -0.3 is 10.1 Å². The van der Waals surface area contributed by atoms with Crippen molar-refractivity contribution in [1.82, 2.24) is 5.32 Å². The van der Waals surface area contributed by atoms with Gasteiger partial charge in [-0.1, -0.05) is 0 Å². The molecule has 0 aromatic carbocycles. The van der Waals surface area contributed by atoms with Crippen molar-refractivity contribution >= 4 is 18.5 Å². The van der Waals surface area contributed by atoms with Crippen LogP contribution in [-0.4, -0.2) is 29.9 Å². The summed E-state index contributed by atoms with van der Waals surface area (Å²) in [6.45, 7) is 0. The van der Waals surface area contributed by atoms with Gasteiger partial charge in [0.1, 0.15) is 0 Å². The molecule has 2 aliphatic heterocycles. The maximum atomic E-state index is 11.1. The SMILES string of the molecule is O=C(CS)NC1CCC2CCC1O2. The second-order valence-electron chi connectivity index (χ2n) is 3.78. The van der Waals surface area contributed by atoms with E-state index in [1.807, 2.05) is 0 Å². The molecule has 1 amide bonds. The molecule has 3 atom stereocenters. The summed E-state index contributed by atoms with van der Waals surface area (Å²) in [5.74, 6) is 0.286. The van der Waals surface area contributed by atoms with Gasteiger partial charge in [-0.15, -0.1) is 0 Å². The van der Waals surface area contributed by atoms with E-state index >= 15 is 0 Å². The number of ether oxygens (including phenoxy) is 1. The number of carbonyl (C=O) groups excluding carboxylic acids is 1. The molecule has 3 nitrogen and oxygen atoms in total. The molecule has 2 aliphatic rings. The topological polar surface area (TPSA) is 38.3 Å². The smallest absolute Gasteiger partial charge is 0.230 e. The fraction of sp³-hybridized carbons (Fsp3) is 0.889. The molecular weight excluding hydrogens is 186 g/mol. The summed E-state index contributed by atoms with van der Waals surface area (Å²) in [7, 11) is 0. The minimum atomic E-state index is 0.0160.